The van der Waals surface area contributed by atoms with Crippen LogP contribution in [0.25, 0.3) is 0 Å². The SMILES string of the molecule is O=C1CC(O)CC(CCOF)O1. The van der Waals surface area contributed by atoms with Crippen molar-refractivity contribution in [3.63, 3.8) is 0 Å². The maximum Gasteiger partial charge on any atom is 0.308 e. The normalized spacial score (nSPS) is 30.0. The van der Waals surface area contributed by atoms with Crippen LogP contribution in [0.5, 0.6) is 0 Å². The molecule has 0 spiro atoms. The number of hydrogen-bond acceptors (Lipinski definition) is 4. The molecule has 1 fully saturated rings. The monoisotopic (exact) mass is 178 g/mol. The van der Waals surface area contributed by atoms with Crippen molar-refractivity contribution in [3.8, 4) is 0 Å². The Hall–Kier alpha value is -0.680. The molecule has 1 N–H and O–H groups in total. The maximum atomic E-state index is 11.2. The van der Waals surface area contributed by atoms with Gasteiger partial charge in [-0.1, -0.05) is 0 Å². The summed E-state index contributed by atoms with van der Waals surface area (Å²) in [6.45, 7) is -0.106. The third-order valence-corrected chi connectivity index (χ3v) is 1.75. The van der Waals surface area contributed by atoms with E-state index in [9.17, 15) is 9.32 Å². The third-order valence-electron chi connectivity index (χ3n) is 1.75. The first-order valence-electron chi connectivity index (χ1n) is 3.83. The second kappa shape index (κ2) is 4.37. The molecule has 0 saturated carbocycles. The van der Waals surface area contributed by atoms with Crippen molar-refractivity contribution in [3.05, 3.63) is 0 Å². The van der Waals surface area contributed by atoms with E-state index in [4.69, 9.17) is 9.84 Å². The van der Waals surface area contributed by atoms with E-state index in [0.717, 1.165) is 0 Å². The van der Waals surface area contributed by atoms with Crippen LogP contribution in [0.3, 0.4) is 0 Å². The molecule has 5 heteroatoms. The van der Waals surface area contributed by atoms with Crippen molar-refractivity contribution >= 4 is 5.97 Å². The lowest BCUT2D eigenvalue weighted by Gasteiger charge is -2.25. The van der Waals surface area contributed by atoms with Crippen molar-refractivity contribution in [2.24, 2.45) is 0 Å². The average molecular weight is 178 g/mol. The Morgan fingerprint density at radius 1 is 1.75 bits per heavy atom. The van der Waals surface area contributed by atoms with E-state index in [1.165, 1.54) is 0 Å². The van der Waals surface area contributed by atoms with Crippen LogP contribution >= 0.6 is 0 Å². The highest BCUT2D eigenvalue weighted by molar-refractivity contribution is 5.70. The summed E-state index contributed by atoms with van der Waals surface area (Å²) in [6, 6.07) is 0. The molecule has 0 aromatic heterocycles. The Labute approximate surface area is 69.2 Å². The molecule has 1 heterocycles. The van der Waals surface area contributed by atoms with Gasteiger partial charge in [-0.05, 0) is 4.53 Å². The maximum absolute atomic E-state index is 11.2. The second-order valence-electron chi connectivity index (χ2n) is 2.81. The quantitative estimate of drug-likeness (QED) is 0.633. The van der Waals surface area contributed by atoms with Gasteiger partial charge in [-0.15, -0.1) is 0 Å². The number of ether oxygens (including phenoxy) is 1. The van der Waals surface area contributed by atoms with Crippen molar-refractivity contribution in [2.75, 3.05) is 6.61 Å². The molecule has 0 amide bonds. The molecule has 0 aliphatic carbocycles. The number of carbonyl (C=O) groups excluding carboxylic acids is 1. The molecule has 0 radical (unpaired) electrons. The molecule has 2 atom stereocenters. The molecule has 0 bridgehead atoms. The Bertz CT molecular complexity index is 161. The van der Waals surface area contributed by atoms with E-state index in [0.29, 0.717) is 12.8 Å². The molecule has 1 rings (SSSR count). The Balaban J connectivity index is 2.29. The number of carbonyl (C=O) groups is 1. The smallest absolute Gasteiger partial charge is 0.308 e. The zero-order valence-corrected chi connectivity index (χ0v) is 6.53. The van der Waals surface area contributed by atoms with E-state index in [-0.39, 0.29) is 13.0 Å². The lowest BCUT2D eigenvalue weighted by molar-refractivity contribution is -0.169. The van der Waals surface area contributed by atoms with Crippen molar-refractivity contribution in [1.29, 1.82) is 0 Å². The summed E-state index contributed by atoms with van der Waals surface area (Å²) in [5, 5.41) is 9.11. The lowest BCUT2D eigenvalue weighted by atomic mass is 10.0. The molecule has 1 aliphatic heterocycles. The highest BCUT2D eigenvalue weighted by Crippen LogP contribution is 2.17. The standard InChI is InChI=1S/C7H11FO4/c8-11-2-1-6-3-5(9)4-7(10)12-6/h5-6,9H,1-4H2. The minimum atomic E-state index is -0.657. The number of aliphatic hydroxyl groups is 1. The van der Waals surface area contributed by atoms with Crippen molar-refractivity contribution < 1.29 is 24.1 Å². The Morgan fingerprint density at radius 2 is 2.50 bits per heavy atom. The average Bonchev–Trinajstić information content (AvgIpc) is 1.99. The van der Waals surface area contributed by atoms with Gasteiger partial charge in [0.05, 0.1) is 19.1 Å². The van der Waals surface area contributed by atoms with Gasteiger partial charge in [0.1, 0.15) is 6.10 Å². The molecular weight excluding hydrogens is 167 g/mol. The fraction of sp³-hybridized carbons (Fsp3) is 0.857. The van der Waals surface area contributed by atoms with E-state index in [1.54, 1.807) is 0 Å². The zero-order chi connectivity index (χ0) is 8.97. The van der Waals surface area contributed by atoms with E-state index < -0.39 is 18.2 Å². The molecule has 12 heavy (non-hydrogen) atoms. The molecule has 0 aromatic carbocycles. The van der Waals surface area contributed by atoms with Crippen LogP contribution in [0.2, 0.25) is 0 Å². The summed E-state index contributed by atoms with van der Waals surface area (Å²) in [4.78, 5) is 14.1. The molecule has 0 aromatic rings. The van der Waals surface area contributed by atoms with Crippen LogP contribution in [0.1, 0.15) is 19.3 Å². The molecular formula is C7H11FO4. The van der Waals surface area contributed by atoms with Gasteiger partial charge in [0.25, 0.3) is 0 Å². The highest BCUT2D eigenvalue weighted by Gasteiger charge is 2.26. The first-order valence-corrected chi connectivity index (χ1v) is 3.83. The Kier molecular flexibility index (Phi) is 3.43. The summed E-state index contributed by atoms with van der Waals surface area (Å²) in [5.74, 6) is -0.433. The second-order valence-corrected chi connectivity index (χ2v) is 2.81. The van der Waals surface area contributed by atoms with Gasteiger partial charge in [0.2, 0.25) is 0 Å². The topological polar surface area (TPSA) is 55.8 Å². The molecule has 2 unspecified atom stereocenters. The van der Waals surface area contributed by atoms with E-state index in [2.05, 4.69) is 4.94 Å². The van der Waals surface area contributed by atoms with E-state index in [1.807, 2.05) is 0 Å². The summed E-state index contributed by atoms with van der Waals surface area (Å²) < 4.78 is 16.1. The summed E-state index contributed by atoms with van der Waals surface area (Å²) in [7, 11) is 0. The van der Waals surface area contributed by atoms with Gasteiger partial charge in [0, 0.05) is 12.8 Å². The summed E-state index contributed by atoms with van der Waals surface area (Å²) >= 11 is 0. The predicted molar refractivity (Wildman–Crippen MR) is 36.8 cm³/mol. The minimum Gasteiger partial charge on any atom is -0.462 e. The Morgan fingerprint density at radius 3 is 3.08 bits per heavy atom. The summed E-state index contributed by atoms with van der Waals surface area (Å²) in [6.07, 6.45) is -0.366. The van der Waals surface area contributed by atoms with Crippen LogP contribution in [-0.4, -0.2) is 29.9 Å². The number of hydrogen-bond donors (Lipinski definition) is 1. The number of esters is 1. The van der Waals surface area contributed by atoms with Gasteiger partial charge >= 0.3 is 5.97 Å². The van der Waals surface area contributed by atoms with Gasteiger partial charge < -0.3 is 9.84 Å². The fourth-order valence-electron chi connectivity index (χ4n) is 1.21. The van der Waals surface area contributed by atoms with Gasteiger partial charge in [-0.2, -0.15) is 4.94 Å². The van der Waals surface area contributed by atoms with Crippen LogP contribution in [0, 0.1) is 0 Å². The molecule has 70 valence electrons. The first kappa shape index (κ1) is 9.41. The lowest BCUT2D eigenvalue weighted by Crippen LogP contribution is -2.33. The van der Waals surface area contributed by atoms with Crippen LogP contribution in [0.15, 0.2) is 0 Å². The highest BCUT2D eigenvalue weighted by atomic mass is 19.3. The van der Waals surface area contributed by atoms with Crippen LogP contribution in [0.4, 0.5) is 4.53 Å². The predicted octanol–water partition coefficient (Wildman–Crippen LogP) is 0.344. The van der Waals surface area contributed by atoms with Crippen LogP contribution in [-0.2, 0) is 14.5 Å². The van der Waals surface area contributed by atoms with Crippen molar-refractivity contribution in [2.45, 2.75) is 31.5 Å². The fourth-order valence-corrected chi connectivity index (χ4v) is 1.21. The van der Waals surface area contributed by atoms with Crippen molar-refractivity contribution in [1.82, 2.24) is 0 Å². The molecule has 1 saturated heterocycles. The third kappa shape index (κ3) is 2.75. The largest absolute Gasteiger partial charge is 0.462 e. The number of cyclic esters (lactones) is 1. The van der Waals surface area contributed by atoms with E-state index >= 15 is 0 Å². The van der Waals surface area contributed by atoms with Gasteiger partial charge in [-0.25, -0.2) is 0 Å². The number of aliphatic hydroxyl groups excluding tert-OH is 1. The number of halogens is 1. The van der Waals surface area contributed by atoms with Gasteiger partial charge in [0.15, 0.2) is 0 Å². The minimum absolute atomic E-state index is 0.0347. The first-order chi connectivity index (χ1) is 5.72. The molecule has 4 nitrogen and oxygen atoms in total. The van der Waals surface area contributed by atoms with Gasteiger partial charge in [-0.3, -0.25) is 4.79 Å². The zero-order valence-electron chi connectivity index (χ0n) is 6.53. The molecule has 1 aliphatic rings. The van der Waals surface area contributed by atoms with Crippen LogP contribution < -0.4 is 0 Å². The summed E-state index contributed by atoms with van der Waals surface area (Å²) in [5.41, 5.74) is 0. The number of rotatable bonds is 3.